The molecule has 0 saturated heterocycles. The number of hydrogen-bond donors (Lipinski definition) is 0. The Kier molecular flexibility index (Phi) is 2.51. The van der Waals surface area contributed by atoms with Gasteiger partial charge < -0.3 is 0 Å². The summed E-state index contributed by atoms with van der Waals surface area (Å²) in [6.07, 6.45) is 5.91. The highest BCUT2D eigenvalue weighted by molar-refractivity contribution is 7.20. The molecule has 0 fully saturated rings. The second-order valence-electron chi connectivity index (χ2n) is 3.18. The molecule has 0 amide bonds. The second kappa shape index (κ2) is 3.81. The summed E-state index contributed by atoms with van der Waals surface area (Å²) in [6.45, 7) is 5.85. The van der Waals surface area contributed by atoms with Crippen LogP contribution in [0.1, 0.15) is 10.4 Å². The van der Waals surface area contributed by atoms with E-state index < -0.39 is 0 Å². The largest absolute Gasteiger partial charge is 0.136 e. The summed E-state index contributed by atoms with van der Waals surface area (Å²) in [5.74, 6) is 0. The van der Waals surface area contributed by atoms with E-state index in [4.69, 9.17) is 0 Å². The zero-order chi connectivity index (χ0) is 9.97. The van der Waals surface area contributed by atoms with E-state index in [1.54, 1.807) is 0 Å². The summed E-state index contributed by atoms with van der Waals surface area (Å²) in [5, 5.41) is 1.36. The first-order chi connectivity index (χ1) is 6.83. The Labute approximate surface area is 88.2 Å². The molecule has 0 aliphatic heterocycles. The van der Waals surface area contributed by atoms with E-state index in [0.29, 0.717) is 0 Å². The van der Waals surface area contributed by atoms with Crippen molar-refractivity contribution in [3.05, 3.63) is 53.4 Å². The normalized spacial score (nSPS) is 11.2. The molecule has 2 aromatic rings. The molecule has 0 nitrogen and oxygen atoms in total. The van der Waals surface area contributed by atoms with E-state index in [2.05, 4.69) is 43.8 Å². The molecule has 0 saturated carbocycles. The lowest BCUT2D eigenvalue weighted by Crippen LogP contribution is -1.69. The maximum Gasteiger partial charge on any atom is 0.0351 e. The molecule has 2 rings (SSSR count). The molecule has 0 atom stereocenters. The van der Waals surface area contributed by atoms with E-state index in [0.717, 1.165) is 0 Å². The fraction of sp³-hybridized carbons (Fsp3) is 0.0769. The van der Waals surface area contributed by atoms with Crippen molar-refractivity contribution >= 4 is 27.5 Å². The molecule has 0 unspecified atom stereocenters. The SMILES string of the molecule is C=CC=Cc1sc2ccccc2c1C. The predicted molar refractivity (Wildman–Crippen MR) is 65.8 cm³/mol. The van der Waals surface area contributed by atoms with Crippen molar-refractivity contribution < 1.29 is 0 Å². The lowest BCUT2D eigenvalue weighted by Gasteiger charge is -1.89. The Morgan fingerprint density at radius 2 is 2.07 bits per heavy atom. The topological polar surface area (TPSA) is 0 Å². The smallest absolute Gasteiger partial charge is 0.0351 e. The van der Waals surface area contributed by atoms with E-state index >= 15 is 0 Å². The Balaban J connectivity index is 2.62. The van der Waals surface area contributed by atoms with Gasteiger partial charge in [0.1, 0.15) is 0 Å². The van der Waals surface area contributed by atoms with Crippen LogP contribution in [0.5, 0.6) is 0 Å². The summed E-state index contributed by atoms with van der Waals surface area (Å²) >= 11 is 1.83. The highest BCUT2D eigenvalue weighted by Crippen LogP contribution is 2.31. The lowest BCUT2D eigenvalue weighted by molar-refractivity contribution is 1.57. The number of benzene rings is 1. The monoisotopic (exact) mass is 200 g/mol. The van der Waals surface area contributed by atoms with Crippen molar-refractivity contribution in [2.75, 3.05) is 0 Å². The van der Waals surface area contributed by atoms with Gasteiger partial charge >= 0.3 is 0 Å². The van der Waals surface area contributed by atoms with Crippen LogP contribution in [0.2, 0.25) is 0 Å². The molecule has 0 spiro atoms. The number of hydrogen-bond acceptors (Lipinski definition) is 1. The van der Waals surface area contributed by atoms with Crippen molar-refractivity contribution in [1.82, 2.24) is 0 Å². The molecule has 70 valence electrons. The minimum absolute atomic E-state index is 1.33. The van der Waals surface area contributed by atoms with Crippen LogP contribution in [0.15, 0.2) is 43.0 Å². The van der Waals surface area contributed by atoms with E-state index in [1.807, 2.05) is 23.5 Å². The first-order valence-corrected chi connectivity index (χ1v) is 5.42. The van der Waals surface area contributed by atoms with Crippen molar-refractivity contribution in [2.45, 2.75) is 6.92 Å². The van der Waals surface area contributed by atoms with Gasteiger partial charge in [-0.1, -0.05) is 36.9 Å². The Morgan fingerprint density at radius 1 is 1.29 bits per heavy atom. The Hall–Kier alpha value is -1.34. The van der Waals surface area contributed by atoms with Gasteiger partial charge in [0.05, 0.1) is 0 Å². The summed E-state index contributed by atoms with van der Waals surface area (Å²) in [4.78, 5) is 1.33. The van der Waals surface area contributed by atoms with Gasteiger partial charge in [-0.15, -0.1) is 11.3 Å². The van der Waals surface area contributed by atoms with Gasteiger partial charge in [0.2, 0.25) is 0 Å². The molecule has 1 heterocycles. The van der Waals surface area contributed by atoms with Crippen molar-refractivity contribution in [3.63, 3.8) is 0 Å². The zero-order valence-corrected chi connectivity index (χ0v) is 8.97. The summed E-state index contributed by atoms with van der Waals surface area (Å²) < 4.78 is 1.36. The van der Waals surface area contributed by atoms with Gasteiger partial charge in [0.15, 0.2) is 0 Å². The minimum Gasteiger partial charge on any atom is -0.136 e. The average Bonchev–Trinajstić information content (AvgIpc) is 2.54. The Bertz CT molecular complexity index is 489. The third kappa shape index (κ3) is 1.51. The zero-order valence-electron chi connectivity index (χ0n) is 8.16. The van der Waals surface area contributed by atoms with Gasteiger partial charge in [-0.25, -0.2) is 0 Å². The summed E-state index contributed by atoms with van der Waals surface area (Å²) in [6, 6.07) is 8.51. The predicted octanol–water partition coefficient (Wildman–Crippen LogP) is 4.41. The molecule has 0 aliphatic rings. The quantitative estimate of drug-likeness (QED) is 0.630. The maximum atomic E-state index is 3.68. The fourth-order valence-electron chi connectivity index (χ4n) is 1.51. The molecule has 1 aromatic carbocycles. The van der Waals surface area contributed by atoms with Gasteiger partial charge in [-0.2, -0.15) is 0 Å². The number of thiophene rings is 1. The summed E-state index contributed by atoms with van der Waals surface area (Å²) in [5.41, 5.74) is 1.36. The standard InChI is InChI=1S/C13H12S/c1-3-4-8-12-10(2)11-7-5-6-9-13(11)14-12/h3-9H,1H2,2H3. The van der Waals surface area contributed by atoms with Crippen LogP contribution in [0.3, 0.4) is 0 Å². The van der Waals surface area contributed by atoms with Crippen LogP contribution in [0.4, 0.5) is 0 Å². The molecule has 1 heteroatoms. The highest BCUT2D eigenvalue weighted by atomic mass is 32.1. The van der Waals surface area contributed by atoms with Crippen LogP contribution >= 0.6 is 11.3 Å². The number of fused-ring (bicyclic) bond motifs is 1. The second-order valence-corrected chi connectivity index (χ2v) is 4.27. The van der Waals surface area contributed by atoms with Crippen LogP contribution in [0, 0.1) is 6.92 Å². The Morgan fingerprint density at radius 3 is 2.79 bits per heavy atom. The van der Waals surface area contributed by atoms with Gasteiger partial charge in [0, 0.05) is 9.58 Å². The first-order valence-electron chi connectivity index (χ1n) is 4.60. The van der Waals surface area contributed by atoms with Crippen molar-refractivity contribution in [1.29, 1.82) is 0 Å². The molecule has 14 heavy (non-hydrogen) atoms. The molecular formula is C13H12S. The van der Waals surface area contributed by atoms with E-state index in [9.17, 15) is 0 Å². The van der Waals surface area contributed by atoms with E-state index in [1.165, 1.54) is 20.5 Å². The van der Waals surface area contributed by atoms with Gasteiger partial charge in [-0.3, -0.25) is 0 Å². The van der Waals surface area contributed by atoms with Gasteiger partial charge in [0.25, 0.3) is 0 Å². The van der Waals surface area contributed by atoms with Gasteiger partial charge in [-0.05, 0) is 30.0 Å². The highest BCUT2D eigenvalue weighted by Gasteiger charge is 2.03. The molecule has 0 radical (unpaired) electrons. The average molecular weight is 200 g/mol. The van der Waals surface area contributed by atoms with Crippen LogP contribution < -0.4 is 0 Å². The van der Waals surface area contributed by atoms with E-state index in [-0.39, 0.29) is 0 Å². The first kappa shape index (κ1) is 9.22. The molecule has 1 aromatic heterocycles. The molecule has 0 bridgehead atoms. The molecule has 0 N–H and O–H groups in total. The third-order valence-electron chi connectivity index (χ3n) is 2.26. The van der Waals surface area contributed by atoms with Crippen LogP contribution in [0.25, 0.3) is 16.2 Å². The van der Waals surface area contributed by atoms with Crippen LogP contribution in [-0.2, 0) is 0 Å². The van der Waals surface area contributed by atoms with Crippen molar-refractivity contribution in [2.24, 2.45) is 0 Å². The molecule has 0 aliphatic carbocycles. The summed E-state index contributed by atoms with van der Waals surface area (Å²) in [7, 11) is 0. The number of allylic oxidation sites excluding steroid dienone is 2. The maximum absolute atomic E-state index is 3.68. The minimum atomic E-state index is 1.33. The number of rotatable bonds is 2. The van der Waals surface area contributed by atoms with Crippen LogP contribution in [-0.4, -0.2) is 0 Å². The van der Waals surface area contributed by atoms with Crippen molar-refractivity contribution in [3.8, 4) is 0 Å². The fourth-order valence-corrected chi connectivity index (χ4v) is 2.63. The lowest BCUT2D eigenvalue weighted by atomic mass is 10.1. The third-order valence-corrected chi connectivity index (χ3v) is 3.50. The molecular weight excluding hydrogens is 188 g/mol. The number of aryl methyl sites for hydroxylation is 1.